The van der Waals surface area contributed by atoms with Gasteiger partial charge in [-0.05, 0) is 85.6 Å². The number of aromatic nitrogens is 6. The van der Waals surface area contributed by atoms with E-state index in [0.717, 1.165) is 0 Å². The van der Waals surface area contributed by atoms with Crippen LogP contribution in [-0.4, -0.2) is 54.0 Å². The van der Waals surface area contributed by atoms with Gasteiger partial charge in [0.1, 0.15) is 23.0 Å². The SMILES string of the molecule is C[C@@]1(c2ccc(OC(F)(F)F)cc2)CC(Oc2ccc(-n3cccn3)nc2)=NO1.C[C@]1(c2ccc(OC(F)(F)F)cc2)CC(Oc2ccc(-n3cccn3)nc2)=NO1. The normalized spacial score (nSPS) is 18.8. The van der Waals surface area contributed by atoms with Crippen LogP contribution in [0.4, 0.5) is 26.3 Å². The van der Waals surface area contributed by atoms with Gasteiger partial charge in [-0.15, -0.1) is 26.3 Å². The van der Waals surface area contributed by atoms with Crippen molar-refractivity contribution in [1.29, 1.82) is 0 Å². The summed E-state index contributed by atoms with van der Waals surface area (Å²) < 4.78 is 96.2. The molecule has 0 bridgehead atoms. The summed E-state index contributed by atoms with van der Waals surface area (Å²) in [4.78, 5) is 19.5. The highest BCUT2D eigenvalue weighted by atomic mass is 19.4. The van der Waals surface area contributed by atoms with Gasteiger partial charge >= 0.3 is 12.7 Å². The minimum atomic E-state index is -4.74. The van der Waals surface area contributed by atoms with Gasteiger partial charge in [0.15, 0.2) is 22.8 Å². The van der Waals surface area contributed by atoms with E-state index < -0.39 is 23.9 Å². The summed E-state index contributed by atoms with van der Waals surface area (Å²) in [6.45, 7) is 3.54. The van der Waals surface area contributed by atoms with Gasteiger partial charge in [0, 0.05) is 24.8 Å². The number of ether oxygens (including phenoxy) is 4. The number of hydrogen-bond acceptors (Lipinski definition) is 12. The summed E-state index contributed by atoms with van der Waals surface area (Å²) in [6, 6.07) is 21.5. The van der Waals surface area contributed by atoms with E-state index in [2.05, 4.69) is 40.0 Å². The van der Waals surface area contributed by atoms with Crippen molar-refractivity contribution < 1.29 is 55.0 Å². The van der Waals surface area contributed by atoms with Crippen molar-refractivity contribution in [2.45, 2.75) is 50.6 Å². The largest absolute Gasteiger partial charge is 0.573 e. The third-order valence-corrected chi connectivity index (χ3v) is 8.46. The zero-order valence-corrected chi connectivity index (χ0v) is 30.3. The lowest BCUT2D eigenvalue weighted by molar-refractivity contribution is -0.275. The van der Waals surface area contributed by atoms with Crippen LogP contribution >= 0.6 is 0 Å². The fourth-order valence-corrected chi connectivity index (χ4v) is 5.66. The number of nitrogens with zero attached hydrogens (tertiary/aromatic N) is 8. The van der Waals surface area contributed by atoms with Crippen molar-refractivity contribution in [2.75, 3.05) is 0 Å². The summed E-state index contributed by atoms with van der Waals surface area (Å²) in [6.07, 6.45) is 1.06. The minimum absolute atomic E-state index is 0.299. The molecule has 300 valence electrons. The summed E-state index contributed by atoms with van der Waals surface area (Å²) in [7, 11) is 0. The van der Waals surface area contributed by atoms with E-state index in [1.807, 2.05) is 0 Å². The van der Waals surface area contributed by atoms with Crippen LogP contribution in [0.25, 0.3) is 11.6 Å². The summed E-state index contributed by atoms with van der Waals surface area (Å²) in [5.74, 6) is 2.28. The van der Waals surface area contributed by atoms with Gasteiger partial charge in [-0.3, -0.25) is 0 Å². The molecule has 0 N–H and O–H groups in total. The summed E-state index contributed by atoms with van der Waals surface area (Å²) in [5.41, 5.74) is -0.452. The van der Waals surface area contributed by atoms with Crippen molar-refractivity contribution in [3.63, 3.8) is 0 Å². The zero-order chi connectivity index (χ0) is 41.0. The van der Waals surface area contributed by atoms with E-state index in [0.29, 0.717) is 58.9 Å². The molecular formula is C38H30F6N8O6. The van der Waals surface area contributed by atoms with Gasteiger partial charge in [-0.1, -0.05) is 34.6 Å². The Morgan fingerprint density at radius 2 is 0.931 bits per heavy atom. The van der Waals surface area contributed by atoms with Crippen LogP contribution in [0, 0.1) is 0 Å². The molecule has 20 heteroatoms. The van der Waals surface area contributed by atoms with E-state index in [-0.39, 0.29) is 11.5 Å². The third kappa shape index (κ3) is 9.81. The van der Waals surface area contributed by atoms with Crippen molar-refractivity contribution in [3.05, 3.63) is 133 Å². The van der Waals surface area contributed by atoms with E-state index in [9.17, 15) is 26.3 Å². The zero-order valence-electron chi connectivity index (χ0n) is 30.3. The number of pyridine rings is 2. The molecule has 2 atom stereocenters. The topological polar surface area (TPSA) is 142 Å². The predicted octanol–water partition coefficient (Wildman–Crippen LogP) is 8.39. The molecule has 0 saturated carbocycles. The van der Waals surface area contributed by atoms with Crippen LogP contribution < -0.4 is 18.9 Å². The first-order valence-electron chi connectivity index (χ1n) is 17.1. The Balaban J connectivity index is 0.000000177. The van der Waals surface area contributed by atoms with Gasteiger partial charge in [-0.2, -0.15) is 10.2 Å². The second-order valence-electron chi connectivity index (χ2n) is 12.9. The highest BCUT2D eigenvalue weighted by molar-refractivity contribution is 5.81. The van der Waals surface area contributed by atoms with E-state index in [1.165, 1.54) is 48.5 Å². The number of alkyl halides is 6. The van der Waals surface area contributed by atoms with E-state index in [1.54, 1.807) is 96.8 Å². The first kappa shape index (κ1) is 39.1. The maximum absolute atomic E-state index is 12.3. The van der Waals surface area contributed by atoms with Crippen LogP contribution in [0.1, 0.15) is 37.8 Å². The van der Waals surface area contributed by atoms with Crippen LogP contribution in [0.5, 0.6) is 23.0 Å². The van der Waals surface area contributed by atoms with E-state index >= 15 is 0 Å². The fourth-order valence-electron chi connectivity index (χ4n) is 5.66. The van der Waals surface area contributed by atoms with Gasteiger partial charge in [0.25, 0.3) is 0 Å². The predicted molar refractivity (Wildman–Crippen MR) is 191 cm³/mol. The maximum Gasteiger partial charge on any atom is 0.573 e. The average molecular weight is 809 g/mol. The molecule has 2 aromatic carbocycles. The molecule has 0 aliphatic carbocycles. The molecule has 8 rings (SSSR count). The Morgan fingerprint density at radius 3 is 1.24 bits per heavy atom. The number of hydrogen-bond donors (Lipinski definition) is 0. The monoisotopic (exact) mass is 808 g/mol. The Hall–Kier alpha value is -7.12. The van der Waals surface area contributed by atoms with Crippen molar-refractivity contribution in [3.8, 4) is 34.6 Å². The van der Waals surface area contributed by atoms with Gasteiger partial charge in [0.2, 0.25) is 11.8 Å². The molecule has 0 amide bonds. The molecule has 0 radical (unpaired) electrons. The summed E-state index contributed by atoms with van der Waals surface area (Å²) in [5, 5.41) is 16.1. The van der Waals surface area contributed by atoms with E-state index in [4.69, 9.17) is 19.1 Å². The summed E-state index contributed by atoms with van der Waals surface area (Å²) >= 11 is 0. The molecule has 6 heterocycles. The Morgan fingerprint density at radius 1 is 0.552 bits per heavy atom. The standard InChI is InChI=1S/2C19H15F3N4O3/c2*1-18(13-3-5-14(6-4-13)28-19(20,21)22)11-17(25-29-18)27-15-7-8-16(23-12-15)26-10-2-9-24-26/h2*2-10,12H,11H2,1H3/t2*18-/m10/s1. The van der Waals surface area contributed by atoms with Crippen molar-refractivity contribution in [2.24, 2.45) is 10.3 Å². The lowest BCUT2D eigenvalue weighted by atomic mass is 9.93. The maximum atomic E-state index is 12.3. The molecule has 0 saturated heterocycles. The molecule has 0 fully saturated rings. The van der Waals surface area contributed by atoms with Crippen molar-refractivity contribution in [1.82, 2.24) is 29.5 Å². The van der Waals surface area contributed by atoms with Gasteiger partial charge in [-0.25, -0.2) is 19.3 Å². The molecule has 0 spiro atoms. The smallest absolute Gasteiger partial charge is 0.438 e. The minimum Gasteiger partial charge on any atom is -0.438 e. The molecule has 2 aliphatic heterocycles. The molecule has 14 nitrogen and oxygen atoms in total. The number of rotatable bonds is 8. The molecule has 2 aliphatic rings. The Bertz CT molecular complexity index is 2170. The highest BCUT2D eigenvalue weighted by Crippen LogP contribution is 2.38. The quantitative estimate of drug-likeness (QED) is 0.138. The first-order chi connectivity index (χ1) is 27.6. The van der Waals surface area contributed by atoms with Gasteiger partial charge < -0.3 is 28.6 Å². The second-order valence-corrected chi connectivity index (χ2v) is 12.9. The van der Waals surface area contributed by atoms with Crippen LogP contribution in [-0.2, 0) is 20.9 Å². The Labute approximate surface area is 324 Å². The van der Waals surface area contributed by atoms with Crippen molar-refractivity contribution >= 4 is 11.8 Å². The number of oxime groups is 2. The van der Waals surface area contributed by atoms with Gasteiger partial charge in [0.05, 0.1) is 25.2 Å². The second kappa shape index (κ2) is 15.8. The molecule has 4 aromatic heterocycles. The first-order valence-corrected chi connectivity index (χ1v) is 17.1. The molecule has 58 heavy (non-hydrogen) atoms. The molecule has 6 aromatic rings. The number of benzene rings is 2. The average Bonchev–Trinajstić information content (AvgIpc) is 4.02. The van der Waals surface area contributed by atoms with Crippen LogP contribution in [0.15, 0.2) is 132 Å². The lowest BCUT2D eigenvalue weighted by Crippen LogP contribution is -2.23. The Kier molecular flexibility index (Phi) is 10.7. The van der Waals surface area contributed by atoms with Crippen LogP contribution in [0.3, 0.4) is 0 Å². The highest BCUT2D eigenvalue weighted by Gasteiger charge is 2.39. The molecule has 0 unspecified atom stereocenters. The number of halogens is 6. The van der Waals surface area contributed by atoms with Crippen LogP contribution in [0.2, 0.25) is 0 Å². The lowest BCUT2D eigenvalue weighted by Gasteiger charge is -2.21. The fraction of sp³-hybridized carbons (Fsp3) is 0.211. The third-order valence-electron chi connectivity index (χ3n) is 8.46. The molecular weight excluding hydrogens is 778 g/mol.